The normalized spacial score (nSPS) is 10.6. The maximum absolute atomic E-state index is 5.88. The van der Waals surface area contributed by atoms with Crippen LogP contribution in [0.4, 0.5) is 0 Å². The van der Waals surface area contributed by atoms with Crippen molar-refractivity contribution in [3.8, 4) is 11.5 Å². The van der Waals surface area contributed by atoms with Crippen LogP contribution in [0.3, 0.4) is 0 Å². The lowest BCUT2D eigenvalue weighted by Gasteiger charge is -1.98. The van der Waals surface area contributed by atoms with E-state index < -0.39 is 0 Å². The van der Waals surface area contributed by atoms with Gasteiger partial charge in [0.15, 0.2) is 18.0 Å². The molecule has 21 heavy (non-hydrogen) atoms. The molecule has 0 fully saturated rings. The molecule has 0 saturated carbocycles. The molecule has 0 aliphatic heterocycles. The second-order valence-electron chi connectivity index (χ2n) is 4.97. The number of aromatic nitrogens is 2. The number of halogens is 2. The maximum Gasteiger partial charge on any atom is 0.233 e. The number of nitrogens with zero attached hydrogens (tertiary/aromatic N) is 2. The van der Waals surface area contributed by atoms with Gasteiger partial charge in [0.05, 0.1) is 4.47 Å². The Balaban J connectivity index is 0.00000161. The quantitative estimate of drug-likeness (QED) is 0.437. The summed E-state index contributed by atoms with van der Waals surface area (Å²) in [5, 5.41) is 0. The van der Waals surface area contributed by atoms with Gasteiger partial charge in [-0.25, -0.2) is 9.55 Å². The number of hydrogen-bond acceptors (Lipinski definition) is 2. The number of rotatable bonds is 3. The smallest absolute Gasteiger partial charge is 0.233 e. The summed E-state index contributed by atoms with van der Waals surface area (Å²) in [5.41, 5.74) is 3.90. The molecule has 0 spiro atoms. The molecule has 2 heterocycles. The topological polar surface area (TPSA) is 29.9 Å². The van der Waals surface area contributed by atoms with Crippen LogP contribution in [0.2, 0.25) is 0 Å². The summed E-state index contributed by atoms with van der Waals surface area (Å²) in [7, 11) is 0. The SMILES string of the molecule is CCC[n+]1cc(Br)cc(-c2nc3ccc(C)cc3o2)c1.[I-]. The highest BCUT2D eigenvalue weighted by Gasteiger charge is 2.13. The van der Waals surface area contributed by atoms with Crippen molar-refractivity contribution in [2.45, 2.75) is 26.8 Å². The van der Waals surface area contributed by atoms with E-state index in [9.17, 15) is 0 Å². The van der Waals surface area contributed by atoms with Crippen molar-refractivity contribution in [2.75, 3.05) is 0 Å². The zero-order valence-corrected chi connectivity index (χ0v) is 15.7. The third kappa shape index (κ3) is 3.63. The van der Waals surface area contributed by atoms with E-state index in [1.54, 1.807) is 0 Å². The van der Waals surface area contributed by atoms with Crippen LogP contribution in [0.15, 0.2) is 45.5 Å². The van der Waals surface area contributed by atoms with Gasteiger partial charge in [0.25, 0.3) is 0 Å². The molecule has 0 N–H and O–H groups in total. The molecule has 0 amide bonds. The van der Waals surface area contributed by atoms with Gasteiger partial charge in [0.1, 0.15) is 17.6 Å². The molecular weight excluding hydrogens is 443 g/mol. The molecular formula is C16H16BrIN2O. The van der Waals surface area contributed by atoms with Crippen LogP contribution in [0.5, 0.6) is 0 Å². The minimum absolute atomic E-state index is 0. The highest BCUT2D eigenvalue weighted by atomic mass is 127. The van der Waals surface area contributed by atoms with Crippen molar-refractivity contribution in [3.05, 3.63) is 46.7 Å². The average Bonchev–Trinajstić information content (AvgIpc) is 2.81. The fourth-order valence-corrected chi connectivity index (χ4v) is 2.77. The lowest BCUT2D eigenvalue weighted by Crippen LogP contribution is -3.00. The van der Waals surface area contributed by atoms with Crippen LogP contribution in [0.25, 0.3) is 22.6 Å². The van der Waals surface area contributed by atoms with Crippen molar-refractivity contribution in [2.24, 2.45) is 0 Å². The number of pyridine rings is 1. The zero-order chi connectivity index (χ0) is 14.1. The summed E-state index contributed by atoms with van der Waals surface area (Å²) in [4.78, 5) is 4.57. The van der Waals surface area contributed by atoms with Crippen LogP contribution in [-0.4, -0.2) is 4.98 Å². The Morgan fingerprint density at radius 3 is 2.81 bits per heavy atom. The summed E-state index contributed by atoms with van der Waals surface area (Å²) in [5.74, 6) is 0.664. The number of oxazole rings is 1. The molecule has 2 aromatic heterocycles. The molecule has 110 valence electrons. The second-order valence-corrected chi connectivity index (χ2v) is 5.89. The van der Waals surface area contributed by atoms with Gasteiger partial charge in [-0.05, 0) is 46.6 Å². The second kappa shape index (κ2) is 6.87. The first-order valence-corrected chi connectivity index (χ1v) is 7.52. The van der Waals surface area contributed by atoms with Gasteiger partial charge in [-0.2, -0.15) is 0 Å². The van der Waals surface area contributed by atoms with Crippen LogP contribution in [0.1, 0.15) is 18.9 Å². The Labute approximate surface area is 149 Å². The minimum Gasteiger partial charge on any atom is -1.00 e. The summed E-state index contributed by atoms with van der Waals surface area (Å²) >= 11 is 3.55. The maximum atomic E-state index is 5.88. The Hall–Kier alpha value is -0.950. The number of fused-ring (bicyclic) bond motifs is 1. The van der Waals surface area contributed by atoms with Crippen molar-refractivity contribution in [1.82, 2.24) is 4.98 Å². The van der Waals surface area contributed by atoms with Gasteiger partial charge < -0.3 is 28.4 Å². The average molecular weight is 459 g/mol. The number of aryl methyl sites for hydroxylation is 2. The summed E-state index contributed by atoms with van der Waals surface area (Å²) in [6.07, 6.45) is 5.24. The van der Waals surface area contributed by atoms with E-state index in [0.717, 1.165) is 34.1 Å². The van der Waals surface area contributed by atoms with E-state index in [1.807, 2.05) is 24.3 Å². The molecule has 0 aliphatic rings. The van der Waals surface area contributed by atoms with Crippen molar-refractivity contribution in [1.29, 1.82) is 0 Å². The van der Waals surface area contributed by atoms with Crippen LogP contribution in [-0.2, 0) is 6.54 Å². The number of hydrogen-bond donors (Lipinski definition) is 0. The van der Waals surface area contributed by atoms with E-state index in [0.29, 0.717) is 5.89 Å². The molecule has 0 bridgehead atoms. The van der Waals surface area contributed by atoms with E-state index in [-0.39, 0.29) is 24.0 Å². The Bertz CT molecular complexity index is 770. The fraction of sp³-hybridized carbons (Fsp3) is 0.250. The van der Waals surface area contributed by atoms with Gasteiger partial charge >= 0.3 is 0 Å². The molecule has 1 aromatic carbocycles. The van der Waals surface area contributed by atoms with Gasteiger partial charge in [-0.15, -0.1) is 0 Å². The van der Waals surface area contributed by atoms with E-state index >= 15 is 0 Å². The van der Waals surface area contributed by atoms with Gasteiger partial charge in [0, 0.05) is 6.42 Å². The van der Waals surface area contributed by atoms with E-state index in [2.05, 4.69) is 51.7 Å². The first-order valence-electron chi connectivity index (χ1n) is 6.73. The standard InChI is InChI=1S/C16H16BrN2O.HI/c1-3-6-19-9-12(8-13(17)10-19)16-18-14-5-4-11(2)7-15(14)20-16;/h4-5,7-10H,3,6H2,1-2H3;1H/q+1;/p-1. The van der Waals surface area contributed by atoms with Crippen LogP contribution >= 0.6 is 15.9 Å². The lowest BCUT2D eigenvalue weighted by atomic mass is 10.2. The molecule has 3 aromatic rings. The Morgan fingerprint density at radius 1 is 1.24 bits per heavy atom. The third-order valence-corrected chi connectivity index (χ3v) is 3.59. The molecule has 0 aliphatic carbocycles. The highest BCUT2D eigenvalue weighted by Crippen LogP contribution is 2.25. The highest BCUT2D eigenvalue weighted by molar-refractivity contribution is 9.10. The Morgan fingerprint density at radius 2 is 2.05 bits per heavy atom. The summed E-state index contributed by atoms with van der Waals surface area (Å²) in [6.45, 7) is 5.19. The van der Waals surface area contributed by atoms with Crippen molar-refractivity contribution in [3.63, 3.8) is 0 Å². The van der Waals surface area contributed by atoms with Gasteiger partial charge in [0.2, 0.25) is 5.89 Å². The largest absolute Gasteiger partial charge is 1.00 e. The predicted molar refractivity (Wildman–Crippen MR) is 82.4 cm³/mol. The van der Waals surface area contributed by atoms with Gasteiger partial charge in [-0.3, -0.25) is 0 Å². The third-order valence-electron chi connectivity index (χ3n) is 3.16. The summed E-state index contributed by atoms with van der Waals surface area (Å²) in [6, 6.07) is 8.09. The summed E-state index contributed by atoms with van der Waals surface area (Å²) < 4.78 is 9.06. The molecule has 0 radical (unpaired) electrons. The molecule has 0 saturated heterocycles. The first kappa shape index (κ1) is 16.4. The monoisotopic (exact) mass is 458 g/mol. The predicted octanol–water partition coefficient (Wildman–Crippen LogP) is 1.27. The molecule has 3 rings (SSSR count). The lowest BCUT2D eigenvalue weighted by molar-refractivity contribution is -0.697. The molecule has 3 nitrogen and oxygen atoms in total. The van der Waals surface area contributed by atoms with Crippen molar-refractivity contribution >= 4 is 27.0 Å². The van der Waals surface area contributed by atoms with Crippen LogP contribution < -0.4 is 28.5 Å². The van der Waals surface area contributed by atoms with E-state index in [4.69, 9.17) is 4.42 Å². The van der Waals surface area contributed by atoms with Crippen LogP contribution in [0, 0.1) is 6.92 Å². The zero-order valence-electron chi connectivity index (χ0n) is 11.9. The minimum atomic E-state index is 0. The van der Waals surface area contributed by atoms with E-state index in [1.165, 1.54) is 5.56 Å². The van der Waals surface area contributed by atoms with Gasteiger partial charge in [-0.1, -0.05) is 13.0 Å². The molecule has 5 heteroatoms. The van der Waals surface area contributed by atoms with Crippen molar-refractivity contribution < 1.29 is 33.0 Å². The number of benzene rings is 1. The molecule has 0 unspecified atom stereocenters. The Kier molecular flexibility index (Phi) is 5.37. The first-order chi connectivity index (χ1) is 9.65. The molecule has 0 atom stereocenters. The fourth-order valence-electron chi connectivity index (χ4n) is 2.26.